The van der Waals surface area contributed by atoms with Crippen LogP contribution in [0.4, 0.5) is 5.69 Å². The highest BCUT2D eigenvalue weighted by molar-refractivity contribution is 6.32. The lowest BCUT2D eigenvalue weighted by Crippen LogP contribution is -2.14. The van der Waals surface area contributed by atoms with Gasteiger partial charge >= 0.3 is 0 Å². The number of hydrogen-bond donors (Lipinski definition) is 1. The van der Waals surface area contributed by atoms with Gasteiger partial charge in [-0.3, -0.25) is 4.79 Å². The van der Waals surface area contributed by atoms with Crippen LogP contribution in [0.1, 0.15) is 5.56 Å². The molecular formula is C23H19ClN2O4. The third-order valence-electron chi connectivity index (χ3n) is 4.59. The second kappa shape index (κ2) is 8.47. The van der Waals surface area contributed by atoms with Gasteiger partial charge in [-0.25, -0.2) is 4.98 Å². The van der Waals surface area contributed by atoms with Crippen molar-refractivity contribution in [1.82, 2.24) is 4.98 Å². The van der Waals surface area contributed by atoms with Crippen LogP contribution in [0.2, 0.25) is 5.02 Å². The molecule has 3 aromatic carbocycles. The summed E-state index contributed by atoms with van der Waals surface area (Å²) in [7, 11) is 3.17. The highest BCUT2D eigenvalue weighted by Crippen LogP contribution is 2.32. The fourth-order valence-corrected chi connectivity index (χ4v) is 3.32. The smallest absolute Gasteiger partial charge is 0.228 e. The van der Waals surface area contributed by atoms with Crippen molar-refractivity contribution in [2.24, 2.45) is 0 Å². The Hall–Kier alpha value is -3.51. The Labute approximate surface area is 178 Å². The molecule has 0 saturated heterocycles. The van der Waals surface area contributed by atoms with Gasteiger partial charge in [0.2, 0.25) is 11.8 Å². The number of halogens is 1. The number of ether oxygens (including phenoxy) is 2. The number of fused-ring (bicyclic) bond motifs is 1. The number of rotatable bonds is 6. The van der Waals surface area contributed by atoms with E-state index in [-0.39, 0.29) is 12.3 Å². The summed E-state index contributed by atoms with van der Waals surface area (Å²) in [6.45, 7) is 0. The monoisotopic (exact) mass is 422 g/mol. The largest absolute Gasteiger partial charge is 0.497 e. The molecule has 0 fully saturated rings. The number of hydrogen-bond acceptors (Lipinski definition) is 5. The molecule has 1 aromatic heterocycles. The van der Waals surface area contributed by atoms with Crippen LogP contribution in [0.15, 0.2) is 65.1 Å². The molecule has 1 N–H and O–H groups in total. The van der Waals surface area contributed by atoms with Gasteiger partial charge in [-0.15, -0.1) is 0 Å². The minimum absolute atomic E-state index is 0.120. The van der Waals surface area contributed by atoms with Crippen LogP contribution in [-0.2, 0) is 11.2 Å². The zero-order valence-electron chi connectivity index (χ0n) is 16.4. The zero-order chi connectivity index (χ0) is 21.1. The van der Waals surface area contributed by atoms with Gasteiger partial charge in [-0.1, -0.05) is 23.7 Å². The van der Waals surface area contributed by atoms with Crippen molar-refractivity contribution in [1.29, 1.82) is 0 Å². The quantitative estimate of drug-likeness (QED) is 0.453. The first kappa shape index (κ1) is 19.8. The molecule has 0 unspecified atom stereocenters. The average molecular weight is 423 g/mol. The van der Waals surface area contributed by atoms with Crippen molar-refractivity contribution >= 4 is 34.3 Å². The number of carbonyl (C=O) groups is 1. The lowest BCUT2D eigenvalue weighted by atomic mass is 10.1. The van der Waals surface area contributed by atoms with Crippen LogP contribution < -0.4 is 14.8 Å². The highest BCUT2D eigenvalue weighted by atomic mass is 35.5. The normalized spacial score (nSPS) is 10.8. The van der Waals surface area contributed by atoms with E-state index in [1.165, 1.54) is 0 Å². The van der Waals surface area contributed by atoms with Crippen molar-refractivity contribution in [3.05, 3.63) is 71.2 Å². The molecule has 6 nitrogen and oxygen atoms in total. The van der Waals surface area contributed by atoms with Crippen LogP contribution in [0, 0.1) is 0 Å². The standard InChI is InChI=1S/C23H19ClN2O4/c1-28-17-7-3-14(4-8-17)11-22(27)25-16-6-10-21-19(13-16)26-23(30-21)15-5-9-20(29-2)18(24)12-15/h3-10,12-13H,11H2,1-2H3,(H,25,27). The van der Waals surface area contributed by atoms with E-state index in [0.29, 0.717) is 33.4 Å². The second-order valence-electron chi connectivity index (χ2n) is 6.62. The van der Waals surface area contributed by atoms with Crippen molar-refractivity contribution in [3.63, 3.8) is 0 Å². The second-order valence-corrected chi connectivity index (χ2v) is 7.03. The lowest BCUT2D eigenvalue weighted by Gasteiger charge is -2.06. The minimum atomic E-state index is -0.120. The molecule has 0 aliphatic carbocycles. The fourth-order valence-electron chi connectivity index (χ4n) is 3.06. The van der Waals surface area contributed by atoms with Gasteiger partial charge in [-0.05, 0) is 54.1 Å². The first-order chi connectivity index (χ1) is 14.6. The van der Waals surface area contributed by atoms with Crippen LogP contribution in [0.3, 0.4) is 0 Å². The van der Waals surface area contributed by atoms with E-state index < -0.39 is 0 Å². The molecule has 4 rings (SSSR count). The number of oxazole rings is 1. The Bertz CT molecular complexity index is 1200. The molecule has 7 heteroatoms. The number of aromatic nitrogens is 1. The Kier molecular flexibility index (Phi) is 5.59. The molecule has 0 aliphatic heterocycles. The van der Waals surface area contributed by atoms with E-state index in [9.17, 15) is 4.79 Å². The average Bonchev–Trinajstić information content (AvgIpc) is 3.17. The van der Waals surface area contributed by atoms with E-state index in [4.69, 9.17) is 25.5 Å². The summed E-state index contributed by atoms with van der Waals surface area (Å²) in [5.74, 6) is 1.66. The van der Waals surface area contributed by atoms with Gasteiger partial charge in [0.15, 0.2) is 5.58 Å². The van der Waals surface area contributed by atoms with E-state index >= 15 is 0 Å². The molecular weight excluding hydrogens is 404 g/mol. The summed E-state index contributed by atoms with van der Waals surface area (Å²) >= 11 is 6.20. The topological polar surface area (TPSA) is 73.6 Å². The molecule has 0 aliphatic rings. The number of anilines is 1. The molecule has 0 atom stereocenters. The Morgan fingerprint density at radius 2 is 1.83 bits per heavy atom. The molecule has 4 aromatic rings. The predicted octanol–water partition coefficient (Wildman–Crippen LogP) is 5.35. The van der Waals surface area contributed by atoms with Gasteiger partial charge in [0.1, 0.15) is 17.0 Å². The van der Waals surface area contributed by atoms with Crippen LogP contribution >= 0.6 is 11.6 Å². The number of nitrogens with zero attached hydrogens (tertiary/aromatic N) is 1. The number of nitrogens with one attached hydrogen (secondary N) is 1. The van der Waals surface area contributed by atoms with Crippen molar-refractivity contribution in [2.75, 3.05) is 19.5 Å². The lowest BCUT2D eigenvalue weighted by molar-refractivity contribution is -0.115. The zero-order valence-corrected chi connectivity index (χ0v) is 17.2. The SMILES string of the molecule is COc1ccc(CC(=O)Nc2ccc3oc(-c4ccc(OC)c(Cl)c4)nc3c2)cc1. The predicted molar refractivity (Wildman–Crippen MR) is 116 cm³/mol. The van der Waals surface area contributed by atoms with Gasteiger partial charge in [-0.2, -0.15) is 0 Å². The summed E-state index contributed by atoms with van der Waals surface area (Å²) in [6.07, 6.45) is 0.260. The van der Waals surface area contributed by atoms with Crippen LogP contribution in [0.5, 0.6) is 11.5 Å². The number of amides is 1. The highest BCUT2D eigenvalue weighted by Gasteiger charge is 2.12. The molecule has 0 spiro atoms. The van der Waals surface area contributed by atoms with Crippen LogP contribution in [0.25, 0.3) is 22.6 Å². The van der Waals surface area contributed by atoms with E-state index in [1.54, 1.807) is 44.6 Å². The summed E-state index contributed by atoms with van der Waals surface area (Å²) in [5, 5.41) is 3.37. The Morgan fingerprint density at radius 3 is 2.53 bits per heavy atom. The molecule has 0 radical (unpaired) electrons. The van der Waals surface area contributed by atoms with Gasteiger partial charge < -0.3 is 19.2 Å². The summed E-state index contributed by atoms with van der Waals surface area (Å²) in [5.41, 5.74) is 3.54. The van der Waals surface area contributed by atoms with E-state index in [1.807, 2.05) is 30.3 Å². The number of benzene rings is 3. The van der Waals surface area contributed by atoms with E-state index in [0.717, 1.165) is 16.9 Å². The van der Waals surface area contributed by atoms with Crippen molar-refractivity contribution in [3.8, 4) is 23.0 Å². The van der Waals surface area contributed by atoms with Crippen LogP contribution in [-0.4, -0.2) is 25.1 Å². The molecule has 0 bridgehead atoms. The minimum Gasteiger partial charge on any atom is -0.497 e. The molecule has 152 valence electrons. The maximum atomic E-state index is 12.4. The molecule has 1 amide bonds. The maximum absolute atomic E-state index is 12.4. The van der Waals surface area contributed by atoms with E-state index in [2.05, 4.69) is 10.3 Å². The maximum Gasteiger partial charge on any atom is 0.228 e. The van der Waals surface area contributed by atoms with Crippen molar-refractivity contribution < 1.29 is 18.7 Å². The molecule has 30 heavy (non-hydrogen) atoms. The van der Waals surface area contributed by atoms with Gasteiger partial charge in [0.25, 0.3) is 0 Å². The number of carbonyl (C=O) groups excluding carboxylic acids is 1. The molecule has 1 heterocycles. The summed E-state index contributed by atoms with van der Waals surface area (Å²) in [4.78, 5) is 16.9. The Morgan fingerprint density at radius 1 is 1.03 bits per heavy atom. The third kappa shape index (κ3) is 4.23. The third-order valence-corrected chi connectivity index (χ3v) is 4.89. The number of methoxy groups -OCH3 is 2. The Balaban J connectivity index is 1.50. The van der Waals surface area contributed by atoms with Crippen molar-refractivity contribution in [2.45, 2.75) is 6.42 Å². The fraction of sp³-hybridized carbons (Fsp3) is 0.130. The van der Waals surface area contributed by atoms with Gasteiger partial charge in [0, 0.05) is 11.3 Å². The summed E-state index contributed by atoms with van der Waals surface area (Å²) < 4.78 is 16.1. The first-order valence-corrected chi connectivity index (χ1v) is 9.61. The first-order valence-electron chi connectivity index (χ1n) is 9.23. The molecule has 0 saturated carbocycles. The summed E-state index contributed by atoms with van der Waals surface area (Å²) in [6, 6.07) is 18.1. The van der Waals surface area contributed by atoms with Gasteiger partial charge in [0.05, 0.1) is 25.7 Å².